The number of aliphatic hydroxyl groups is 1. The van der Waals surface area contributed by atoms with Crippen molar-refractivity contribution in [3.8, 4) is 11.6 Å². The average Bonchev–Trinajstić information content (AvgIpc) is 3.51. The molecule has 0 amide bonds. The number of fused-ring (bicyclic) bond motifs is 4. The lowest BCUT2D eigenvalue weighted by molar-refractivity contribution is -0.146. The molecule has 1 fully saturated rings. The van der Waals surface area contributed by atoms with Gasteiger partial charge in [0.05, 0.1) is 29.5 Å². The molecular weight excluding hydrogens is 608 g/mol. The van der Waals surface area contributed by atoms with Gasteiger partial charge in [0.15, 0.2) is 23.1 Å². The summed E-state index contributed by atoms with van der Waals surface area (Å²) in [4.78, 5) is 44.3. The topological polar surface area (TPSA) is 142 Å². The fourth-order valence-electron chi connectivity index (χ4n) is 8.20. The zero-order chi connectivity index (χ0) is 34.0. The van der Waals surface area contributed by atoms with Gasteiger partial charge in [-0.2, -0.15) is 0 Å². The summed E-state index contributed by atoms with van der Waals surface area (Å²) in [6.45, 7) is 7.69. The summed E-state index contributed by atoms with van der Waals surface area (Å²) >= 11 is 0. The number of carbonyl (C=O) groups is 3. The molecule has 7 rings (SSSR count). The Labute approximate surface area is 279 Å². The van der Waals surface area contributed by atoms with Crippen molar-refractivity contribution in [2.45, 2.75) is 65.2 Å². The SMILES string of the molecule is CC(C)(C)c1ccc(OCc2ccccc2)c2c1CC1(CO)CC3C(N)c4onc(OCc5ccccc5)c4C(=O)C3(C)C(=O)C1C2=O. The summed E-state index contributed by atoms with van der Waals surface area (Å²) in [6.07, 6.45) is 0.409. The molecule has 3 aliphatic carbocycles. The molecule has 5 atom stereocenters. The van der Waals surface area contributed by atoms with Gasteiger partial charge in [-0.25, -0.2) is 0 Å². The first-order valence-corrected chi connectivity index (χ1v) is 16.4. The highest BCUT2D eigenvalue weighted by molar-refractivity contribution is 6.25. The summed E-state index contributed by atoms with van der Waals surface area (Å²) in [6, 6.07) is 21.9. The summed E-state index contributed by atoms with van der Waals surface area (Å²) in [5, 5.41) is 15.2. The normalized spacial score (nSPS) is 26.3. The minimum atomic E-state index is -1.67. The molecule has 5 unspecified atom stereocenters. The molecule has 3 aromatic carbocycles. The average molecular weight is 649 g/mol. The molecule has 0 bridgehead atoms. The molecule has 3 aliphatic rings. The second-order valence-corrected chi connectivity index (χ2v) is 14.7. The molecule has 0 spiro atoms. The number of aliphatic hydroxyl groups excluding tert-OH is 1. The predicted octanol–water partition coefficient (Wildman–Crippen LogP) is 5.96. The van der Waals surface area contributed by atoms with Crippen molar-refractivity contribution >= 4 is 17.3 Å². The predicted molar refractivity (Wildman–Crippen MR) is 177 cm³/mol. The van der Waals surface area contributed by atoms with Gasteiger partial charge >= 0.3 is 0 Å². The van der Waals surface area contributed by atoms with Crippen molar-refractivity contribution in [1.82, 2.24) is 5.16 Å². The number of nitrogens with two attached hydrogens (primary N) is 1. The second-order valence-electron chi connectivity index (χ2n) is 14.7. The van der Waals surface area contributed by atoms with E-state index in [1.165, 1.54) is 0 Å². The van der Waals surface area contributed by atoms with E-state index in [1.54, 1.807) is 13.0 Å². The van der Waals surface area contributed by atoms with Crippen LogP contribution in [-0.4, -0.2) is 34.2 Å². The molecule has 3 N–H and O–H groups in total. The monoisotopic (exact) mass is 648 g/mol. The fourth-order valence-corrected chi connectivity index (χ4v) is 8.20. The Morgan fingerprint density at radius 1 is 0.917 bits per heavy atom. The standard InChI is InChI=1S/C39H40N2O7/c1-37(2,3)25-15-16-27(46-19-22-11-7-5-8-12-22)28-24(25)17-39(21-42)18-26-31(40)33-29(34(44)38(26,4)35(45)30(39)32(28)43)36(41-48-33)47-20-23-13-9-6-10-14-23/h5-16,26,30-31,42H,17-21,40H2,1-4H3. The minimum absolute atomic E-state index is 0.0347. The highest BCUT2D eigenvalue weighted by Gasteiger charge is 2.68. The van der Waals surface area contributed by atoms with Crippen molar-refractivity contribution in [3.05, 3.63) is 112 Å². The number of aromatic nitrogens is 1. The van der Waals surface area contributed by atoms with Crippen LogP contribution in [0.5, 0.6) is 11.6 Å². The number of Topliss-reactive ketones (excluding diaryl/α,β-unsaturated/α-hetero) is 3. The van der Waals surface area contributed by atoms with E-state index in [9.17, 15) is 19.5 Å². The molecule has 4 aromatic rings. The zero-order valence-electron chi connectivity index (χ0n) is 27.6. The van der Waals surface area contributed by atoms with Gasteiger partial charge in [0.1, 0.15) is 24.5 Å². The molecule has 0 radical (unpaired) electrons. The van der Waals surface area contributed by atoms with Gasteiger partial charge in [0.2, 0.25) is 0 Å². The van der Waals surface area contributed by atoms with E-state index < -0.39 is 52.7 Å². The molecule has 0 aliphatic heterocycles. The maximum Gasteiger partial charge on any atom is 0.265 e. The van der Waals surface area contributed by atoms with E-state index in [4.69, 9.17) is 19.7 Å². The summed E-state index contributed by atoms with van der Waals surface area (Å²) in [5.74, 6) is -3.06. The third-order valence-corrected chi connectivity index (χ3v) is 10.8. The van der Waals surface area contributed by atoms with E-state index in [0.717, 1.165) is 22.3 Å². The Morgan fingerprint density at radius 2 is 1.54 bits per heavy atom. The Balaban J connectivity index is 1.30. The van der Waals surface area contributed by atoms with Gasteiger partial charge in [-0.1, -0.05) is 87.5 Å². The number of benzene rings is 3. The highest BCUT2D eigenvalue weighted by atomic mass is 16.5. The summed E-state index contributed by atoms with van der Waals surface area (Å²) in [5.41, 5.74) is 7.50. The lowest BCUT2D eigenvalue weighted by atomic mass is 9.45. The summed E-state index contributed by atoms with van der Waals surface area (Å²) in [7, 11) is 0. The van der Waals surface area contributed by atoms with Crippen molar-refractivity contribution in [3.63, 3.8) is 0 Å². The van der Waals surface area contributed by atoms with E-state index >= 15 is 0 Å². The van der Waals surface area contributed by atoms with Crippen LogP contribution in [0.2, 0.25) is 0 Å². The van der Waals surface area contributed by atoms with Crippen molar-refractivity contribution < 1.29 is 33.5 Å². The maximum atomic E-state index is 14.9. The lowest BCUT2D eigenvalue weighted by Gasteiger charge is -2.55. The third-order valence-electron chi connectivity index (χ3n) is 10.8. The Hall–Kier alpha value is -4.60. The number of nitrogens with zero attached hydrogens (tertiary/aromatic N) is 1. The van der Waals surface area contributed by atoms with Crippen LogP contribution in [0, 0.1) is 22.7 Å². The van der Waals surface area contributed by atoms with Crippen LogP contribution in [0.25, 0.3) is 0 Å². The van der Waals surface area contributed by atoms with E-state index in [1.807, 2.05) is 66.7 Å². The molecule has 1 aromatic heterocycles. The van der Waals surface area contributed by atoms with Crippen molar-refractivity contribution in [2.24, 2.45) is 28.4 Å². The molecule has 248 valence electrons. The third kappa shape index (κ3) is 4.82. The van der Waals surface area contributed by atoms with E-state index in [2.05, 4.69) is 25.9 Å². The Kier molecular flexibility index (Phi) is 7.68. The van der Waals surface area contributed by atoms with Crippen LogP contribution in [0.3, 0.4) is 0 Å². The minimum Gasteiger partial charge on any atom is -0.488 e. The number of hydrogen-bond donors (Lipinski definition) is 2. The van der Waals surface area contributed by atoms with Gasteiger partial charge in [-0.05, 0) is 58.7 Å². The zero-order valence-corrected chi connectivity index (χ0v) is 27.6. The van der Waals surface area contributed by atoms with Gasteiger partial charge in [0.25, 0.3) is 5.88 Å². The van der Waals surface area contributed by atoms with Crippen LogP contribution in [-0.2, 0) is 29.8 Å². The Morgan fingerprint density at radius 3 is 2.15 bits per heavy atom. The van der Waals surface area contributed by atoms with Crippen LogP contribution >= 0.6 is 0 Å². The Bertz CT molecular complexity index is 1910. The van der Waals surface area contributed by atoms with Crippen molar-refractivity contribution in [1.29, 1.82) is 0 Å². The molecule has 48 heavy (non-hydrogen) atoms. The first kappa shape index (κ1) is 32.0. The largest absolute Gasteiger partial charge is 0.488 e. The highest BCUT2D eigenvalue weighted by Crippen LogP contribution is 2.62. The van der Waals surface area contributed by atoms with Gasteiger partial charge < -0.3 is 24.8 Å². The van der Waals surface area contributed by atoms with Gasteiger partial charge in [-0.3, -0.25) is 14.4 Å². The first-order valence-electron chi connectivity index (χ1n) is 16.4. The van der Waals surface area contributed by atoms with Crippen molar-refractivity contribution in [2.75, 3.05) is 6.61 Å². The smallest absolute Gasteiger partial charge is 0.265 e. The number of hydrogen-bond acceptors (Lipinski definition) is 9. The lowest BCUT2D eigenvalue weighted by Crippen LogP contribution is -2.65. The molecule has 1 heterocycles. The van der Waals surface area contributed by atoms with Gasteiger partial charge in [0, 0.05) is 11.3 Å². The van der Waals surface area contributed by atoms with Gasteiger partial charge in [-0.15, -0.1) is 0 Å². The quantitative estimate of drug-likeness (QED) is 0.232. The molecule has 9 heteroatoms. The number of ketones is 3. The maximum absolute atomic E-state index is 14.9. The van der Waals surface area contributed by atoms with E-state index in [0.29, 0.717) is 11.3 Å². The number of ether oxygens (including phenoxy) is 2. The second kappa shape index (κ2) is 11.5. The number of rotatable bonds is 7. The summed E-state index contributed by atoms with van der Waals surface area (Å²) < 4.78 is 17.8. The van der Waals surface area contributed by atoms with Crippen LogP contribution in [0.15, 0.2) is 77.3 Å². The van der Waals surface area contributed by atoms with Crippen LogP contribution in [0.4, 0.5) is 0 Å². The molecule has 9 nitrogen and oxygen atoms in total. The number of carbonyl (C=O) groups excluding carboxylic acids is 3. The van der Waals surface area contributed by atoms with E-state index in [-0.39, 0.29) is 48.7 Å². The van der Waals surface area contributed by atoms with Crippen LogP contribution in [0.1, 0.15) is 88.9 Å². The molecule has 0 saturated heterocycles. The molecular formula is C39H40N2O7. The van der Waals surface area contributed by atoms with Crippen LogP contribution < -0.4 is 15.2 Å². The fraction of sp³-hybridized carbons (Fsp3) is 0.385. The first-order chi connectivity index (χ1) is 22.9. The molecule has 1 saturated carbocycles.